The van der Waals surface area contributed by atoms with Crippen LogP contribution in [0.5, 0.6) is 0 Å². The number of rotatable bonds is 0. The van der Waals surface area contributed by atoms with Gasteiger partial charge < -0.3 is 0 Å². The van der Waals surface area contributed by atoms with Crippen LogP contribution in [-0.4, -0.2) is 5.78 Å². The first-order valence-electron chi connectivity index (χ1n) is 5.38. The minimum absolute atomic E-state index is 0.149. The van der Waals surface area contributed by atoms with Crippen molar-refractivity contribution in [3.63, 3.8) is 0 Å². The van der Waals surface area contributed by atoms with E-state index in [1.807, 2.05) is 12.1 Å². The minimum Gasteiger partial charge on any atom is -0.288 e. The molecule has 2 aromatic rings. The molecule has 0 bridgehead atoms. The second-order valence-corrected chi connectivity index (χ2v) is 5.38. The quantitative estimate of drug-likeness (QED) is 0.583. The van der Waals surface area contributed by atoms with Gasteiger partial charge in [0.1, 0.15) is 0 Å². The number of fused-ring (bicyclic) bond motifs is 2. The van der Waals surface area contributed by atoms with Gasteiger partial charge in [0, 0.05) is 22.6 Å². The van der Waals surface area contributed by atoms with E-state index in [9.17, 15) is 4.79 Å². The largest absolute Gasteiger partial charge is 0.288 e. The van der Waals surface area contributed by atoms with Gasteiger partial charge in [0.2, 0.25) is 0 Å². The van der Waals surface area contributed by atoms with Crippen molar-refractivity contribution < 1.29 is 4.79 Å². The van der Waals surface area contributed by atoms with Gasteiger partial charge in [-0.05, 0) is 29.3 Å². The van der Waals surface area contributed by atoms with Gasteiger partial charge >= 0.3 is 0 Å². The average Bonchev–Trinajstić information content (AvgIpc) is 2.34. The van der Waals surface area contributed by atoms with Crippen LogP contribution in [0.1, 0.15) is 27.0 Å². The zero-order valence-corrected chi connectivity index (χ0v) is 11.4. The SMILES string of the molecule is O=C1c2c(Cl)cccc2Cc2c(Cl)ccc(Cl)c21. The van der Waals surface area contributed by atoms with Crippen LogP contribution in [-0.2, 0) is 6.42 Å². The number of hydrogen-bond acceptors (Lipinski definition) is 1. The van der Waals surface area contributed by atoms with Crippen LogP contribution in [0.15, 0.2) is 30.3 Å². The zero-order valence-electron chi connectivity index (χ0n) is 9.14. The molecule has 0 saturated carbocycles. The molecule has 0 aliphatic heterocycles. The summed E-state index contributed by atoms with van der Waals surface area (Å²) >= 11 is 18.3. The van der Waals surface area contributed by atoms with Crippen molar-refractivity contribution in [1.82, 2.24) is 0 Å². The van der Waals surface area contributed by atoms with Crippen molar-refractivity contribution in [2.24, 2.45) is 0 Å². The summed E-state index contributed by atoms with van der Waals surface area (Å²) in [5, 5.41) is 1.44. The molecular formula is C14H7Cl3O. The topological polar surface area (TPSA) is 17.1 Å². The molecule has 0 fully saturated rings. The summed E-state index contributed by atoms with van der Waals surface area (Å²) in [6.45, 7) is 0. The third-order valence-electron chi connectivity index (χ3n) is 3.13. The van der Waals surface area contributed by atoms with E-state index in [1.165, 1.54) is 0 Å². The summed E-state index contributed by atoms with van der Waals surface area (Å²) in [4.78, 5) is 12.5. The van der Waals surface area contributed by atoms with Gasteiger partial charge in [-0.2, -0.15) is 0 Å². The van der Waals surface area contributed by atoms with Gasteiger partial charge in [-0.3, -0.25) is 4.79 Å². The maximum Gasteiger partial charge on any atom is 0.196 e. The van der Waals surface area contributed by atoms with E-state index in [0.717, 1.165) is 11.1 Å². The predicted octanol–water partition coefficient (Wildman–Crippen LogP) is 4.78. The Bertz CT molecular complexity index is 677. The third kappa shape index (κ3) is 1.66. The molecule has 0 spiro atoms. The van der Waals surface area contributed by atoms with Crippen LogP contribution in [0.25, 0.3) is 0 Å². The first-order chi connectivity index (χ1) is 8.59. The Balaban J connectivity index is 2.32. The molecule has 1 aliphatic carbocycles. The van der Waals surface area contributed by atoms with Crippen LogP contribution in [0, 0.1) is 0 Å². The zero-order chi connectivity index (χ0) is 12.9. The number of benzene rings is 2. The van der Waals surface area contributed by atoms with Crippen LogP contribution in [0.2, 0.25) is 15.1 Å². The van der Waals surface area contributed by atoms with E-state index in [4.69, 9.17) is 34.8 Å². The summed E-state index contributed by atoms with van der Waals surface area (Å²) < 4.78 is 0. The Labute approximate surface area is 119 Å². The molecule has 0 N–H and O–H groups in total. The average molecular weight is 298 g/mol. The number of carbonyl (C=O) groups excluding carboxylic acids is 1. The molecule has 90 valence electrons. The standard InChI is InChI=1S/C14H7Cl3O/c15-9-4-5-11(17)13-8(9)6-7-2-1-3-10(16)12(7)14(13)18/h1-5H,6H2. The molecule has 0 atom stereocenters. The van der Waals surface area contributed by atoms with Crippen molar-refractivity contribution >= 4 is 40.6 Å². The molecule has 0 aromatic heterocycles. The highest BCUT2D eigenvalue weighted by Gasteiger charge is 2.28. The molecule has 1 nitrogen and oxygen atoms in total. The lowest BCUT2D eigenvalue weighted by molar-refractivity contribution is 0.103. The molecular weight excluding hydrogens is 291 g/mol. The molecule has 3 rings (SSSR count). The fraction of sp³-hybridized carbons (Fsp3) is 0.0714. The van der Waals surface area contributed by atoms with Crippen molar-refractivity contribution in [3.8, 4) is 0 Å². The lowest BCUT2D eigenvalue weighted by Crippen LogP contribution is -2.16. The van der Waals surface area contributed by atoms with Gasteiger partial charge in [-0.1, -0.05) is 46.9 Å². The van der Waals surface area contributed by atoms with Gasteiger partial charge in [-0.15, -0.1) is 0 Å². The van der Waals surface area contributed by atoms with Crippen LogP contribution in [0.4, 0.5) is 0 Å². The number of hydrogen-bond donors (Lipinski definition) is 0. The van der Waals surface area contributed by atoms with Gasteiger partial charge in [-0.25, -0.2) is 0 Å². The van der Waals surface area contributed by atoms with E-state index >= 15 is 0 Å². The lowest BCUT2D eigenvalue weighted by atomic mass is 9.85. The molecule has 0 radical (unpaired) electrons. The first-order valence-corrected chi connectivity index (χ1v) is 6.52. The maximum absolute atomic E-state index is 12.5. The fourth-order valence-corrected chi connectivity index (χ4v) is 3.07. The molecule has 0 heterocycles. The van der Waals surface area contributed by atoms with Crippen molar-refractivity contribution in [2.45, 2.75) is 6.42 Å². The number of carbonyl (C=O) groups is 1. The molecule has 1 aliphatic rings. The summed E-state index contributed by atoms with van der Waals surface area (Å²) in [5.41, 5.74) is 2.69. The Kier molecular flexibility index (Phi) is 2.86. The Morgan fingerprint density at radius 2 is 1.50 bits per heavy atom. The van der Waals surface area contributed by atoms with Gasteiger partial charge in [0.25, 0.3) is 0 Å². The monoisotopic (exact) mass is 296 g/mol. The summed E-state index contributed by atoms with van der Waals surface area (Å²) in [6, 6.07) is 8.78. The van der Waals surface area contributed by atoms with E-state index in [-0.39, 0.29) is 5.78 Å². The smallest absolute Gasteiger partial charge is 0.196 e. The van der Waals surface area contributed by atoms with Gasteiger partial charge in [0.15, 0.2) is 5.78 Å². The van der Waals surface area contributed by atoms with Crippen molar-refractivity contribution in [3.05, 3.63) is 67.7 Å². The van der Waals surface area contributed by atoms with E-state index < -0.39 is 0 Å². The minimum atomic E-state index is -0.149. The lowest BCUT2D eigenvalue weighted by Gasteiger charge is -2.21. The van der Waals surface area contributed by atoms with Crippen LogP contribution < -0.4 is 0 Å². The van der Waals surface area contributed by atoms with Crippen LogP contribution >= 0.6 is 34.8 Å². The molecule has 2 aromatic carbocycles. The second kappa shape index (κ2) is 4.27. The number of ketones is 1. The second-order valence-electron chi connectivity index (χ2n) is 4.16. The van der Waals surface area contributed by atoms with Crippen LogP contribution in [0.3, 0.4) is 0 Å². The van der Waals surface area contributed by atoms with Crippen molar-refractivity contribution in [1.29, 1.82) is 0 Å². The van der Waals surface area contributed by atoms with E-state index in [0.29, 0.717) is 32.6 Å². The Morgan fingerprint density at radius 1 is 0.833 bits per heavy atom. The summed E-state index contributed by atoms with van der Waals surface area (Å²) in [5.74, 6) is -0.149. The summed E-state index contributed by atoms with van der Waals surface area (Å²) in [6.07, 6.45) is 0.580. The first kappa shape index (κ1) is 12.0. The highest BCUT2D eigenvalue weighted by atomic mass is 35.5. The van der Waals surface area contributed by atoms with Gasteiger partial charge in [0.05, 0.1) is 10.0 Å². The summed E-state index contributed by atoms with van der Waals surface area (Å²) in [7, 11) is 0. The Hall–Kier alpha value is -1.02. The highest BCUT2D eigenvalue weighted by molar-refractivity contribution is 6.40. The van der Waals surface area contributed by atoms with E-state index in [2.05, 4.69) is 0 Å². The molecule has 0 saturated heterocycles. The molecule has 0 unspecified atom stereocenters. The maximum atomic E-state index is 12.5. The third-order valence-corrected chi connectivity index (χ3v) is 4.11. The molecule has 4 heteroatoms. The number of halogens is 3. The van der Waals surface area contributed by atoms with E-state index in [1.54, 1.807) is 18.2 Å². The van der Waals surface area contributed by atoms with Crippen molar-refractivity contribution in [2.75, 3.05) is 0 Å². The fourth-order valence-electron chi connectivity index (χ4n) is 2.30. The Morgan fingerprint density at radius 3 is 2.28 bits per heavy atom. The molecule has 18 heavy (non-hydrogen) atoms. The molecule has 0 amide bonds. The predicted molar refractivity (Wildman–Crippen MR) is 74.2 cm³/mol. The highest BCUT2D eigenvalue weighted by Crippen LogP contribution is 2.37. The normalized spacial score (nSPS) is 13.2.